The van der Waals surface area contributed by atoms with Gasteiger partial charge in [-0.15, -0.1) is 0 Å². The molecule has 9 heteroatoms. The lowest BCUT2D eigenvalue weighted by Crippen LogP contribution is -2.63. The van der Waals surface area contributed by atoms with Crippen molar-refractivity contribution in [3.8, 4) is 0 Å². The Bertz CT molecular complexity index is 1180. The summed E-state index contributed by atoms with van der Waals surface area (Å²) in [5.74, 6) is -1.51. The van der Waals surface area contributed by atoms with E-state index in [0.717, 1.165) is 24.7 Å². The first-order chi connectivity index (χ1) is 17.2. The summed E-state index contributed by atoms with van der Waals surface area (Å²) in [7, 11) is -4.19. The zero-order valence-corrected chi connectivity index (χ0v) is 23.0. The average molecular weight is 535 g/mol. The number of aryl methyl sites for hydroxylation is 1. The number of carbonyl (C=O) groups excluding carboxylic acids is 3. The van der Waals surface area contributed by atoms with Crippen LogP contribution in [0, 0.1) is 40.9 Å². The monoisotopic (exact) mass is 534 g/mol. The summed E-state index contributed by atoms with van der Waals surface area (Å²) in [4.78, 5) is 38.7. The minimum atomic E-state index is -4.19. The Kier molecular flexibility index (Phi) is 7.23. The topological polar surface area (TPSA) is 124 Å². The van der Waals surface area contributed by atoms with E-state index in [-0.39, 0.29) is 28.9 Å². The normalized spacial score (nSPS) is 39.8. The molecule has 0 spiro atoms. The van der Waals surface area contributed by atoms with Crippen molar-refractivity contribution in [2.24, 2.45) is 34.0 Å². The minimum absolute atomic E-state index is 0.000953. The number of esters is 1. The second-order valence-electron chi connectivity index (χ2n) is 12.0. The molecule has 1 aromatic rings. The van der Waals surface area contributed by atoms with Crippen molar-refractivity contribution in [3.63, 3.8) is 0 Å². The first-order valence-corrected chi connectivity index (χ1v) is 14.4. The fourth-order valence-electron chi connectivity index (χ4n) is 7.51. The number of aldehydes is 1. The Hall–Kier alpha value is -2.10. The molecule has 8 atom stereocenters. The van der Waals surface area contributed by atoms with Gasteiger partial charge in [0.05, 0.1) is 16.4 Å². The van der Waals surface area contributed by atoms with Gasteiger partial charge in [-0.05, 0) is 62.0 Å². The number of aliphatic hydroxyl groups is 1. The van der Waals surface area contributed by atoms with Gasteiger partial charge in [0, 0.05) is 17.8 Å². The molecule has 0 aliphatic heterocycles. The molecule has 1 N–H and O–H groups in total. The molecule has 3 aliphatic rings. The summed E-state index contributed by atoms with van der Waals surface area (Å²) in [5.41, 5.74) is -1.60. The number of ketones is 1. The first kappa shape index (κ1) is 27.9. The zero-order chi connectivity index (χ0) is 27.4. The molecule has 0 heterocycles. The second kappa shape index (κ2) is 9.58. The van der Waals surface area contributed by atoms with Crippen molar-refractivity contribution in [2.75, 3.05) is 6.61 Å². The van der Waals surface area contributed by atoms with E-state index in [4.69, 9.17) is 8.92 Å². The second-order valence-corrected chi connectivity index (χ2v) is 13.6. The van der Waals surface area contributed by atoms with Crippen molar-refractivity contribution in [2.45, 2.75) is 83.8 Å². The van der Waals surface area contributed by atoms with Gasteiger partial charge < -0.3 is 14.6 Å². The maximum Gasteiger partial charge on any atom is 0.333 e. The molecule has 0 radical (unpaired) electrons. The molecule has 4 rings (SSSR count). The molecule has 0 saturated heterocycles. The number of hydrogen-bond donors (Lipinski definition) is 1. The third kappa shape index (κ3) is 4.46. The van der Waals surface area contributed by atoms with Crippen LogP contribution >= 0.6 is 0 Å². The molecule has 37 heavy (non-hydrogen) atoms. The third-order valence-electron chi connectivity index (χ3n) is 10.0. The number of hydrogen-bond acceptors (Lipinski definition) is 8. The van der Waals surface area contributed by atoms with Crippen molar-refractivity contribution in [1.82, 2.24) is 0 Å². The number of ether oxygens (including phenoxy) is 1. The summed E-state index contributed by atoms with van der Waals surface area (Å²) < 4.78 is 36.1. The summed E-state index contributed by atoms with van der Waals surface area (Å²) in [6, 6.07) is 6.06. The van der Waals surface area contributed by atoms with E-state index < -0.39 is 57.1 Å². The van der Waals surface area contributed by atoms with Gasteiger partial charge in [0.1, 0.15) is 18.2 Å². The van der Waals surface area contributed by atoms with Crippen LogP contribution in [0.1, 0.15) is 65.4 Å². The van der Waals surface area contributed by atoms with Gasteiger partial charge in [-0.1, -0.05) is 45.4 Å². The van der Waals surface area contributed by atoms with Crippen LogP contribution in [0.5, 0.6) is 0 Å². The highest BCUT2D eigenvalue weighted by Crippen LogP contribution is 2.67. The molecule has 8 nitrogen and oxygen atoms in total. The fourth-order valence-corrected chi connectivity index (χ4v) is 8.36. The summed E-state index contributed by atoms with van der Waals surface area (Å²) in [6.07, 6.45) is 1.42. The van der Waals surface area contributed by atoms with Crippen LogP contribution in [-0.4, -0.2) is 50.4 Å². The van der Waals surface area contributed by atoms with E-state index in [2.05, 4.69) is 0 Å². The predicted molar refractivity (Wildman–Crippen MR) is 135 cm³/mol. The van der Waals surface area contributed by atoms with Gasteiger partial charge in [-0.2, -0.15) is 8.42 Å². The molecule has 1 unspecified atom stereocenters. The molecule has 3 aliphatic carbocycles. The van der Waals surface area contributed by atoms with E-state index in [1.807, 2.05) is 27.7 Å². The number of Topliss-reactive ketones (excluding diaryl/α,β-unsaturated/α-hetero) is 1. The Balaban J connectivity index is 1.65. The summed E-state index contributed by atoms with van der Waals surface area (Å²) in [5, 5.41) is 11.4. The Labute approximate surface area is 219 Å². The van der Waals surface area contributed by atoms with Gasteiger partial charge in [0.2, 0.25) is 0 Å². The highest BCUT2D eigenvalue weighted by atomic mass is 32.2. The highest BCUT2D eigenvalue weighted by molar-refractivity contribution is 7.86. The Morgan fingerprint density at radius 3 is 2.43 bits per heavy atom. The quantitative estimate of drug-likeness (QED) is 0.333. The lowest BCUT2D eigenvalue weighted by Gasteiger charge is -2.61. The SMILES string of the molecule is Cc1ccc(S(=O)(=O)OCC(=O)OC2C[C@](C)(C=O)[C@@H](O)[C@H](C)[C@]34CCC(=O)[C@H]3[C@@]2(C)[C@H](C)CC4)cc1. The molecule has 3 saturated carbocycles. The van der Waals surface area contributed by atoms with Crippen molar-refractivity contribution in [1.29, 1.82) is 0 Å². The van der Waals surface area contributed by atoms with Crippen molar-refractivity contribution < 1.29 is 36.8 Å². The maximum absolute atomic E-state index is 13.4. The average Bonchev–Trinajstić information content (AvgIpc) is 3.21. The third-order valence-corrected chi connectivity index (χ3v) is 11.3. The number of rotatable bonds is 6. The van der Waals surface area contributed by atoms with Gasteiger partial charge in [0.15, 0.2) is 6.61 Å². The Morgan fingerprint density at radius 2 is 1.81 bits per heavy atom. The molecule has 3 fully saturated rings. The van der Waals surface area contributed by atoms with Crippen molar-refractivity contribution in [3.05, 3.63) is 29.8 Å². The largest absolute Gasteiger partial charge is 0.460 e. The fraction of sp³-hybridized carbons (Fsp3) is 0.679. The van der Waals surface area contributed by atoms with E-state index in [1.165, 1.54) is 12.1 Å². The zero-order valence-electron chi connectivity index (χ0n) is 22.2. The van der Waals surface area contributed by atoms with Crippen LogP contribution in [0.2, 0.25) is 0 Å². The molecule has 0 aromatic heterocycles. The van der Waals surface area contributed by atoms with Gasteiger partial charge in [-0.25, -0.2) is 4.79 Å². The van der Waals surface area contributed by atoms with Gasteiger partial charge in [-0.3, -0.25) is 8.98 Å². The van der Waals surface area contributed by atoms with Crippen LogP contribution in [0.15, 0.2) is 29.2 Å². The first-order valence-electron chi connectivity index (χ1n) is 13.0. The van der Waals surface area contributed by atoms with Crippen LogP contribution in [0.3, 0.4) is 0 Å². The molecule has 0 amide bonds. The highest BCUT2D eigenvalue weighted by Gasteiger charge is 2.68. The lowest BCUT2D eigenvalue weighted by atomic mass is 9.44. The molecule has 1 aromatic carbocycles. The van der Waals surface area contributed by atoms with Crippen LogP contribution in [-0.2, 0) is 33.4 Å². The van der Waals surface area contributed by atoms with Crippen LogP contribution in [0.4, 0.5) is 0 Å². The van der Waals surface area contributed by atoms with E-state index in [9.17, 15) is 27.9 Å². The van der Waals surface area contributed by atoms with E-state index in [1.54, 1.807) is 19.1 Å². The Morgan fingerprint density at radius 1 is 1.16 bits per heavy atom. The van der Waals surface area contributed by atoms with Gasteiger partial charge in [0.25, 0.3) is 10.1 Å². The predicted octanol–water partition coefficient (Wildman–Crippen LogP) is 3.62. The maximum atomic E-state index is 13.4. The molecule has 204 valence electrons. The standard InChI is InChI=1S/C28H38O8S/c1-17-6-8-20(9-7-17)37(33,34)35-15-23(31)36-22-14-26(4,16-29)25(32)19(3)28-12-10-18(2)27(22,5)24(28)21(30)11-13-28/h6-9,16,18-19,22,24-25,32H,10-15H2,1-5H3/t18-,19+,22?,24+,25+,26-,27+,28+/m1/s1. The number of aliphatic hydroxyl groups excluding tert-OH is 1. The van der Waals surface area contributed by atoms with E-state index >= 15 is 0 Å². The van der Waals surface area contributed by atoms with Crippen molar-refractivity contribution >= 4 is 28.2 Å². The molecular formula is C28H38O8S. The molecular weight excluding hydrogens is 496 g/mol. The summed E-state index contributed by atoms with van der Waals surface area (Å²) in [6.45, 7) is 8.58. The lowest BCUT2D eigenvalue weighted by molar-refractivity contribution is -0.210. The summed E-state index contributed by atoms with van der Waals surface area (Å²) >= 11 is 0. The minimum Gasteiger partial charge on any atom is -0.460 e. The van der Waals surface area contributed by atoms with Gasteiger partial charge >= 0.3 is 5.97 Å². The smallest absolute Gasteiger partial charge is 0.333 e. The molecule has 2 bridgehead atoms. The number of carbonyl (C=O) groups is 3. The van der Waals surface area contributed by atoms with Crippen LogP contribution in [0.25, 0.3) is 0 Å². The van der Waals surface area contributed by atoms with Crippen LogP contribution < -0.4 is 0 Å². The van der Waals surface area contributed by atoms with E-state index in [0.29, 0.717) is 12.8 Å². The number of benzene rings is 1.